The highest BCUT2D eigenvalue weighted by Gasteiger charge is 2.53. The zero-order valence-corrected chi connectivity index (χ0v) is 17.8. The van der Waals surface area contributed by atoms with Crippen LogP contribution in [0, 0.1) is 5.92 Å². The minimum atomic E-state index is -0.910. The van der Waals surface area contributed by atoms with E-state index in [9.17, 15) is 14.4 Å². The van der Waals surface area contributed by atoms with Crippen molar-refractivity contribution in [3.05, 3.63) is 66.2 Å². The molecule has 2 aliphatic rings. The Morgan fingerprint density at radius 2 is 1.75 bits per heavy atom. The first-order valence-corrected chi connectivity index (χ1v) is 10.9. The molecule has 0 radical (unpaired) electrons. The molecule has 3 aromatic rings. The van der Waals surface area contributed by atoms with E-state index in [1.165, 1.54) is 0 Å². The van der Waals surface area contributed by atoms with Crippen LogP contribution in [0.1, 0.15) is 43.0 Å². The number of carbonyl (C=O) groups excluding carboxylic acids is 3. The van der Waals surface area contributed by atoms with Crippen molar-refractivity contribution in [2.75, 3.05) is 0 Å². The molecule has 7 nitrogen and oxygen atoms in total. The van der Waals surface area contributed by atoms with E-state index in [-0.39, 0.29) is 5.91 Å². The average molecular weight is 428 g/mol. The van der Waals surface area contributed by atoms with E-state index in [0.29, 0.717) is 40.9 Å². The van der Waals surface area contributed by atoms with Crippen LogP contribution in [0.25, 0.3) is 22.2 Å². The standard InChI is InChI=1S/C25H24N4O3/c1-16-11-13-25(14-12-16)23(31)29(24(32)27-25)28-22(30)19-15-21(17-7-3-2-4-8-17)26-20-10-6-5-9-18(19)20/h2-10,15-16H,11-14H2,1H3,(H,27,32)(H,28,30). The van der Waals surface area contributed by atoms with E-state index in [1.54, 1.807) is 6.07 Å². The van der Waals surface area contributed by atoms with Crippen LogP contribution in [-0.2, 0) is 4.79 Å². The van der Waals surface area contributed by atoms with Crippen LogP contribution in [0.4, 0.5) is 4.79 Å². The van der Waals surface area contributed by atoms with Crippen LogP contribution >= 0.6 is 0 Å². The number of hydrogen-bond acceptors (Lipinski definition) is 4. The Hall–Kier alpha value is -3.74. The van der Waals surface area contributed by atoms with Crippen molar-refractivity contribution in [3.63, 3.8) is 0 Å². The number of hydrogen-bond donors (Lipinski definition) is 2. The topological polar surface area (TPSA) is 91.4 Å². The number of benzene rings is 2. The number of hydrazine groups is 1. The molecule has 32 heavy (non-hydrogen) atoms. The lowest BCUT2D eigenvalue weighted by Gasteiger charge is -2.33. The van der Waals surface area contributed by atoms with Crippen LogP contribution in [-0.4, -0.2) is 33.4 Å². The van der Waals surface area contributed by atoms with E-state index in [2.05, 4.69) is 22.7 Å². The summed E-state index contributed by atoms with van der Waals surface area (Å²) in [5.74, 6) is -0.386. The van der Waals surface area contributed by atoms with Crippen molar-refractivity contribution in [2.45, 2.75) is 38.1 Å². The van der Waals surface area contributed by atoms with E-state index in [4.69, 9.17) is 0 Å². The van der Waals surface area contributed by atoms with Gasteiger partial charge in [-0.05, 0) is 43.7 Å². The highest BCUT2D eigenvalue weighted by atomic mass is 16.2. The summed E-state index contributed by atoms with van der Waals surface area (Å²) < 4.78 is 0. The second kappa shape index (κ2) is 7.75. The molecule has 2 aromatic carbocycles. The monoisotopic (exact) mass is 428 g/mol. The van der Waals surface area contributed by atoms with E-state index >= 15 is 0 Å². The second-order valence-electron chi connectivity index (χ2n) is 8.71. The highest BCUT2D eigenvalue weighted by molar-refractivity contribution is 6.12. The summed E-state index contributed by atoms with van der Waals surface area (Å²) in [5, 5.41) is 4.33. The fraction of sp³-hybridized carbons (Fsp3) is 0.280. The molecule has 7 heteroatoms. The van der Waals surface area contributed by atoms with Gasteiger partial charge in [-0.2, -0.15) is 5.01 Å². The quantitative estimate of drug-likeness (QED) is 0.616. The first-order chi connectivity index (χ1) is 15.5. The Morgan fingerprint density at radius 3 is 2.50 bits per heavy atom. The Balaban J connectivity index is 1.48. The van der Waals surface area contributed by atoms with E-state index < -0.39 is 17.5 Å². The van der Waals surface area contributed by atoms with Crippen LogP contribution < -0.4 is 10.7 Å². The number of aromatic nitrogens is 1. The van der Waals surface area contributed by atoms with Crippen molar-refractivity contribution in [2.24, 2.45) is 5.92 Å². The number of fused-ring (bicyclic) bond motifs is 1. The molecule has 4 amide bonds. The normalized spacial score (nSPS) is 22.9. The first kappa shape index (κ1) is 20.2. The van der Waals surface area contributed by atoms with Gasteiger partial charge < -0.3 is 5.32 Å². The maximum atomic E-state index is 13.3. The van der Waals surface area contributed by atoms with Gasteiger partial charge in [0.2, 0.25) is 0 Å². The van der Waals surface area contributed by atoms with Gasteiger partial charge in [-0.3, -0.25) is 15.0 Å². The summed E-state index contributed by atoms with van der Waals surface area (Å²) in [5.41, 5.74) is 4.17. The molecule has 2 heterocycles. The van der Waals surface area contributed by atoms with Gasteiger partial charge >= 0.3 is 6.03 Å². The van der Waals surface area contributed by atoms with Gasteiger partial charge in [0.05, 0.1) is 16.8 Å². The molecule has 0 bridgehead atoms. The third-order valence-corrected chi connectivity index (χ3v) is 6.53. The predicted molar refractivity (Wildman–Crippen MR) is 120 cm³/mol. The zero-order chi connectivity index (χ0) is 22.3. The third kappa shape index (κ3) is 3.39. The van der Waals surface area contributed by atoms with Crippen molar-refractivity contribution in [1.82, 2.24) is 20.7 Å². The van der Waals surface area contributed by atoms with Crippen LogP contribution in [0.2, 0.25) is 0 Å². The molecule has 0 atom stereocenters. The number of para-hydroxylation sites is 1. The maximum Gasteiger partial charge on any atom is 0.344 e. The van der Waals surface area contributed by atoms with Crippen LogP contribution in [0.15, 0.2) is 60.7 Å². The van der Waals surface area contributed by atoms with Crippen molar-refractivity contribution >= 4 is 28.7 Å². The highest BCUT2D eigenvalue weighted by Crippen LogP contribution is 2.36. The number of imide groups is 1. The van der Waals surface area contributed by atoms with Crippen LogP contribution in [0.5, 0.6) is 0 Å². The smallest absolute Gasteiger partial charge is 0.322 e. The molecule has 1 aromatic heterocycles. The maximum absolute atomic E-state index is 13.3. The lowest BCUT2D eigenvalue weighted by molar-refractivity contribution is -0.134. The summed E-state index contributed by atoms with van der Waals surface area (Å²) in [7, 11) is 0. The molecule has 1 saturated carbocycles. The van der Waals surface area contributed by atoms with Gasteiger partial charge in [0.1, 0.15) is 5.54 Å². The number of nitrogens with zero attached hydrogens (tertiary/aromatic N) is 2. The number of rotatable bonds is 3. The second-order valence-corrected chi connectivity index (χ2v) is 8.71. The number of urea groups is 1. The Bertz CT molecular complexity index is 1220. The average Bonchev–Trinajstić information content (AvgIpc) is 3.05. The van der Waals surface area contributed by atoms with Crippen molar-refractivity contribution in [1.29, 1.82) is 0 Å². The summed E-state index contributed by atoms with van der Waals surface area (Å²) >= 11 is 0. The summed E-state index contributed by atoms with van der Waals surface area (Å²) in [6, 6.07) is 18.0. The molecule has 5 rings (SSSR count). The lowest BCUT2D eigenvalue weighted by atomic mass is 9.77. The van der Waals surface area contributed by atoms with Gasteiger partial charge in [-0.15, -0.1) is 0 Å². The van der Waals surface area contributed by atoms with Crippen molar-refractivity contribution in [3.8, 4) is 11.3 Å². The Kier molecular flexibility index (Phi) is 4.89. The first-order valence-electron chi connectivity index (χ1n) is 10.9. The molecule has 0 unspecified atom stereocenters. The number of amides is 4. The molecule has 1 saturated heterocycles. The predicted octanol–water partition coefficient (Wildman–Crippen LogP) is 4.05. The van der Waals surface area contributed by atoms with Crippen LogP contribution in [0.3, 0.4) is 0 Å². The molecule has 162 valence electrons. The summed E-state index contributed by atoms with van der Waals surface area (Å²) in [6.07, 6.45) is 2.90. The Labute approximate surface area is 185 Å². The van der Waals surface area contributed by atoms with E-state index in [0.717, 1.165) is 23.4 Å². The molecular formula is C25H24N4O3. The van der Waals surface area contributed by atoms with Gasteiger partial charge in [0.25, 0.3) is 11.8 Å². The van der Waals surface area contributed by atoms with Gasteiger partial charge in [-0.1, -0.05) is 55.5 Å². The Morgan fingerprint density at radius 1 is 1.06 bits per heavy atom. The zero-order valence-electron chi connectivity index (χ0n) is 17.8. The third-order valence-electron chi connectivity index (χ3n) is 6.53. The minimum absolute atomic E-state index is 0.355. The molecule has 2 fully saturated rings. The number of pyridine rings is 1. The van der Waals surface area contributed by atoms with Gasteiger partial charge in [-0.25, -0.2) is 9.78 Å². The van der Waals surface area contributed by atoms with Gasteiger partial charge in [0.15, 0.2) is 0 Å². The van der Waals surface area contributed by atoms with Crippen molar-refractivity contribution < 1.29 is 14.4 Å². The number of carbonyl (C=O) groups is 3. The molecule has 2 N–H and O–H groups in total. The molecule has 1 aliphatic heterocycles. The summed E-state index contributed by atoms with van der Waals surface area (Å²) in [4.78, 5) is 43.7. The largest absolute Gasteiger partial charge is 0.344 e. The fourth-order valence-electron chi connectivity index (χ4n) is 4.60. The number of nitrogens with one attached hydrogen (secondary N) is 2. The SMILES string of the molecule is CC1CCC2(CC1)NC(=O)N(NC(=O)c1cc(-c3ccccc3)nc3ccccc13)C2=O. The minimum Gasteiger partial charge on any atom is -0.322 e. The fourth-order valence-corrected chi connectivity index (χ4v) is 4.60. The van der Waals surface area contributed by atoms with E-state index in [1.807, 2.05) is 54.6 Å². The molecule has 1 spiro atoms. The van der Waals surface area contributed by atoms with Gasteiger partial charge in [0, 0.05) is 10.9 Å². The molecular weight excluding hydrogens is 404 g/mol. The molecule has 1 aliphatic carbocycles. The summed E-state index contributed by atoms with van der Waals surface area (Å²) in [6.45, 7) is 2.15. The lowest BCUT2D eigenvalue weighted by Crippen LogP contribution is -2.51.